The van der Waals surface area contributed by atoms with Crippen LogP contribution in [-0.4, -0.2) is 36.9 Å². The second-order valence-corrected chi connectivity index (χ2v) is 7.67. The molecular formula is C17H24ClFN2O3. The van der Waals surface area contributed by atoms with E-state index in [1.54, 1.807) is 32.9 Å². The van der Waals surface area contributed by atoms with Gasteiger partial charge in [-0.3, -0.25) is 4.79 Å². The summed E-state index contributed by atoms with van der Waals surface area (Å²) < 4.78 is 20.4. The molecule has 0 spiro atoms. The predicted molar refractivity (Wildman–Crippen MR) is 90.4 cm³/mol. The third-order valence-electron chi connectivity index (χ3n) is 4.29. The zero-order valence-electron chi connectivity index (χ0n) is 14.2. The molecule has 0 heterocycles. The molecule has 2 aliphatic carbocycles. The van der Waals surface area contributed by atoms with E-state index in [2.05, 4.69) is 10.6 Å². The lowest BCUT2D eigenvalue weighted by atomic mass is 9.68. The average molecular weight is 359 g/mol. The first-order valence-electron chi connectivity index (χ1n) is 8.08. The van der Waals surface area contributed by atoms with Gasteiger partial charge in [-0.05, 0) is 18.9 Å². The van der Waals surface area contributed by atoms with Crippen LogP contribution in [0.5, 0.6) is 0 Å². The molecule has 0 radical (unpaired) electrons. The zero-order chi connectivity index (χ0) is 18.0. The van der Waals surface area contributed by atoms with Gasteiger partial charge in [0.15, 0.2) is 12.3 Å². The minimum absolute atomic E-state index is 0.0702. The van der Waals surface area contributed by atoms with Gasteiger partial charge < -0.3 is 15.4 Å². The van der Waals surface area contributed by atoms with Gasteiger partial charge in [0.2, 0.25) is 0 Å². The van der Waals surface area contributed by atoms with E-state index >= 15 is 4.39 Å². The molecule has 5 nitrogen and oxygen atoms in total. The molecule has 0 bridgehead atoms. The maximum absolute atomic E-state index is 15.6. The molecule has 2 aliphatic rings. The summed E-state index contributed by atoms with van der Waals surface area (Å²) in [5.74, 6) is -1.07. The lowest BCUT2D eigenvalue weighted by molar-refractivity contribution is -0.124. The van der Waals surface area contributed by atoms with E-state index in [9.17, 15) is 9.59 Å². The van der Waals surface area contributed by atoms with Crippen molar-refractivity contribution < 1.29 is 18.7 Å². The first-order chi connectivity index (χ1) is 11.1. The number of hydrogen-bond acceptors (Lipinski definition) is 3. The molecule has 0 aromatic rings. The van der Waals surface area contributed by atoms with E-state index in [-0.39, 0.29) is 17.6 Å². The number of nitrogens with one attached hydrogen (secondary N) is 2. The van der Waals surface area contributed by atoms with Crippen molar-refractivity contribution in [3.05, 3.63) is 23.3 Å². The van der Waals surface area contributed by atoms with E-state index in [4.69, 9.17) is 16.3 Å². The summed E-state index contributed by atoms with van der Waals surface area (Å²) in [4.78, 5) is 23.2. The number of alkyl halides is 1. The highest BCUT2D eigenvalue weighted by Crippen LogP contribution is 2.49. The largest absolute Gasteiger partial charge is 0.439 e. The number of hydrogen-bond donors (Lipinski definition) is 2. The molecule has 7 heteroatoms. The molecule has 0 aliphatic heterocycles. The minimum atomic E-state index is -1.78. The number of carbonyl (C=O) groups excluding carboxylic acids is 2. The second-order valence-electron chi connectivity index (χ2n) is 7.27. The number of alkyl carbamates (subject to hydrolysis) is 1. The summed E-state index contributed by atoms with van der Waals surface area (Å²) in [5, 5.41) is 5.34. The van der Waals surface area contributed by atoms with Crippen molar-refractivity contribution in [1.82, 2.24) is 10.6 Å². The van der Waals surface area contributed by atoms with Crippen LogP contribution in [0.25, 0.3) is 0 Å². The number of halogens is 2. The molecule has 2 N–H and O–H groups in total. The van der Waals surface area contributed by atoms with Gasteiger partial charge in [0.25, 0.3) is 5.91 Å². The van der Waals surface area contributed by atoms with Crippen molar-refractivity contribution in [2.75, 3.05) is 13.2 Å². The van der Waals surface area contributed by atoms with Crippen LogP contribution in [-0.2, 0) is 9.53 Å². The van der Waals surface area contributed by atoms with Gasteiger partial charge in [-0.1, -0.05) is 44.5 Å². The van der Waals surface area contributed by atoms with E-state index in [1.165, 1.54) is 6.08 Å². The quantitative estimate of drug-likeness (QED) is 0.793. The van der Waals surface area contributed by atoms with Gasteiger partial charge in [0.1, 0.15) is 0 Å². The van der Waals surface area contributed by atoms with Gasteiger partial charge in [-0.25, -0.2) is 9.18 Å². The molecule has 1 saturated carbocycles. The van der Waals surface area contributed by atoms with Crippen molar-refractivity contribution >= 4 is 23.6 Å². The third kappa shape index (κ3) is 4.29. The van der Waals surface area contributed by atoms with E-state index in [0.717, 1.165) is 12.8 Å². The number of allylic oxidation sites excluding steroid dienone is 3. The highest BCUT2D eigenvalue weighted by atomic mass is 35.5. The lowest BCUT2D eigenvalue weighted by Gasteiger charge is -2.43. The Morgan fingerprint density at radius 1 is 1.42 bits per heavy atom. The fraction of sp³-hybridized carbons (Fsp3) is 0.647. The SMILES string of the molecule is CC(C)(C)C1(F)C(Cl)=CC=CC1CNC(=O)COC(=O)NC1CC1. The molecular weight excluding hydrogens is 335 g/mol. The molecule has 2 atom stereocenters. The molecule has 0 aromatic carbocycles. The topological polar surface area (TPSA) is 67.4 Å². The fourth-order valence-corrected chi connectivity index (χ4v) is 3.17. The van der Waals surface area contributed by atoms with E-state index < -0.39 is 35.6 Å². The smallest absolute Gasteiger partial charge is 0.407 e. The standard InChI is InChI=1S/C17H24ClFN2O3/c1-16(2,3)17(19)11(5-4-6-13(17)18)9-20-14(22)10-24-15(23)21-12-7-8-12/h4-6,11-12H,7-10H2,1-3H3,(H,20,22)(H,21,23). The Morgan fingerprint density at radius 2 is 2.08 bits per heavy atom. The molecule has 24 heavy (non-hydrogen) atoms. The predicted octanol–water partition coefficient (Wildman–Crippen LogP) is 3.05. The third-order valence-corrected chi connectivity index (χ3v) is 4.69. The van der Waals surface area contributed by atoms with Crippen molar-refractivity contribution in [3.63, 3.8) is 0 Å². The van der Waals surface area contributed by atoms with Gasteiger partial charge in [-0.2, -0.15) is 0 Å². The summed E-state index contributed by atoms with van der Waals surface area (Å²) in [7, 11) is 0. The van der Waals surface area contributed by atoms with Crippen molar-refractivity contribution in [2.24, 2.45) is 11.3 Å². The zero-order valence-corrected chi connectivity index (χ0v) is 15.0. The van der Waals surface area contributed by atoms with Crippen molar-refractivity contribution in [2.45, 2.75) is 45.3 Å². The van der Waals surface area contributed by atoms with E-state index in [1.807, 2.05) is 0 Å². The maximum Gasteiger partial charge on any atom is 0.407 e. The molecule has 2 unspecified atom stereocenters. The number of amides is 2. The van der Waals surface area contributed by atoms with Crippen LogP contribution in [0.4, 0.5) is 9.18 Å². The molecule has 0 saturated heterocycles. The normalized spacial score (nSPS) is 26.5. The minimum Gasteiger partial charge on any atom is -0.439 e. The lowest BCUT2D eigenvalue weighted by Crippen LogP contribution is -2.50. The summed E-state index contributed by atoms with van der Waals surface area (Å²) in [5.41, 5.74) is -2.51. The highest BCUT2D eigenvalue weighted by Gasteiger charge is 2.51. The summed E-state index contributed by atoms with van der Waals surface area (Å²) in [6, 6.07) is 0.167. The molecule has 0 aromatic heterocycles. The maximum atomic E-state index is 15.6. The molecule has 1 fully saturated rings. The molecule has 2 amide bonds. The molecule has 134 valence electrons. The van der Waals surface area contributed by atoms with Crippen LogP contribution in [0.15, 0.2) is 23.3 Å². The van der Waals surface area contributed by atoms with Crippen molar-refractivity contribution in [1.29, 1.82) is 0 Å². The van der Waals surface area contributed by atoms with Crippen LogP contribution >= 0.6 is 11.6 Å². The van der Waals surface area contributed by atoms with Gasteiger partial charge in [0, 0.05) is 23.9 Å². The summed E-state index contributed by atoms with van der Waals surface area (Å²) in [6.07, 6.45) is 6.19. The number of ether oxygens (including phenoxy) is 1. The Hall–Kier alpha value is -1.56. The van der Waals surface area contributed by atoms with Crippen LogP contribution in [0, 0.1) is 11.3 Å². The Kier molecular flexibility index (Phi) is 5.58. The second kappa shape index (κ2) is 7.13. The Balaban J connectivity index is 1.85. The highest BCUT2D eigenvalue weighted by molar-refractivity contribution is 6.31. The van der Waals surface area contributed by atoms with Crippen molar-refractivity contribution in [3.8, 4) is 0 Å². The van der Waals surface area contributed by atoms with Crippen LogP contribution in [0.3, 0.4) is 0 Å². The Labute approximate surface area is 146 Å². The summed E-state index contributed by atoms with van der Waals surface area (Å²) in [6.45, 7) is 4.97. The van der Waals surface area contributed by atoms with Crippen LogP contribution < -0.4 is 10.6 Å². The molecule has 2 rings (SSSR count). The first-order valence-corrected chi connectivity index (χ1v) is 8.45. The van der Waals surface area contributed by atoms with Gasteiger partial charge >= 0.3 is 6.09 Å². The van der Waals surface area contributed by atoms with Gasteiger partial charge in [-0.15, -0.1) is 0 Å². The van der Waals surface area contributed by atoms with E-state index in [0.29, 0.717) is 0 Å². The summed E-state index contributed by atoms with van der Waals surface area (Å²) >= 11 is 6.12. The van der Waals surface area contributed by atoms with Crippen LogP contribution in [0.1, 0.15) is 33.6 Å². The number of rotatable bonds is 5. The number of carbonyl (C=O) groups is 2. The van der Waals surface area contributed by atoms with Gasteiger partial charge in [0.05, 0.1) is 5.03 Å². The average Bonchev–Trinajstić information content (AvgIpc) is 3.29. The monoisotopic (exact) mass is 358 g/mol. The first kappa shape index (κ1) is 18.8. The Bertz CT molecular complexity index is 567. The fourth-order valence-electron chi connectivity index (χ4n) is 2.67. The van der Waals surface area contributed by atoms with Crippen LogP contribution in [0.2, 0.25) is 0 Å². The Morgan fingerprint density at radius 3 is 2.67 bits per heavy atom.